The Labute approximate surface area is 185 Å². The Kier molecular flexibility index (Phi) is 8.94. The standard InChI is InChI=1S/C21H33N5O.HI/c1-7-22-19(24-15-21(5,27)18-12-25-26(6)13-18)23-14-20(3,4)17-10-8-9-16(2)11-17;/h8-13,27H,7,14-15H2,1-6H3,(H2,22,23,24);1H. The van der Waals surface area contributed by atoms with Crippen molar-refractivity contribution in [2.75, 3.05) is 19.6 Å². The molecule has 0 bridgehead atoms. The molecule has 0 spiro atoms. The van der Waals surface area contributed by atoms with Crippen molar-refractivity contribution in [3.63, 3.8) is 0 Å². The number of aliphatic hydroxyl groups is 1. The highest BCUT2D eigenvalue weighted by molar-refractivity contribution is 14.0. The van der Waals surface area contributed by atoms with Crippen LogP contribution in [0.2, 0.25) is 0 Å². The molecule has 0 fully saturated rings. The van der Waals surface area contributed by atoms with Crippen molar-refractivity contribution in [3.05, 3.63) is 53.3 Å². The maximum atomic E-state index is 10.8. The molecule has 156 valence electrons. The Hall–Kier alpha value is -1.61. The smallest absolute Gasteiger partial charge is 0.191 e. The Morgan fingerprint density at radius 1 is 1.21 bits per heavy atom. The Bertz CT molecular complexity index is 783. The molecule has 1 aromatic heterocycles. The van der Waals surface area contributed by atoms with Crippen LogP contribution in [0.1, 0.15) is 44.4 Å². The first-order chi connectivity index (χ1) is 12.6. The first-order valence-electron chi connectivity index (χ1n) is 9.45. The van der Waals surface area contributed by atoms with Crippen molar-refractivity contribution in [1.29, 1.82) is 0 Å². The van der Waals surface area contributed by atoms with Gasteiger partial charge in [0.1, 0.15) is 5.60 Å². The third-order valence-corrected chi connectivity index (χ3v) is 4.70. The van der Waals surface area contributed by atoms with Gasteiger partial charge in [-0.15, -0.1) is 24.0 Å². The van der Waals surface area contributed by atoms with Crippen LogP contribution in [-0.2, 0) is 18.1 Å². The van der Waals surface area contributed by atoms with Crippen LogP contribution < -0.4 is 10.6 Å². The maximum absolute atomic E-state index is 10.8. The highest BCUT2D eigenvalue weighted by Crippen LogP contribution is 2.24. The number of aromatic nitrogens is 2. The van der Waals surface area contributed by atoms with Crippen LogP contribution >= 0.6 is 24.0 Å². The number of nitrogens with zero attached hydrogens (tertiary/aromatic N) is 3. The van der Waals surface area contributed by atoms with Gasteiger partial charge in [-0.25, -0.2) is 0 Å². The molecule has 1 aromatic carbocycles. The molecule has 0 aliphatic rings. The summed E-state index contributed by atoms with van der Waals surface area (Å²) in [4.78, 5) is 4.76. The van der Waals surface area contributed by atoms with Crippen molar-refractivity contribution >= 4 is 29.9 Å². The number of aliphatic imine (C=N–C) groups is 1. The molecule has 0 aliphatic heterocycles. The van der Waals surface area contributed by atoms with Crippen molar-refractivity contribution < 1.29 is 5.11 Å². The maximum Gasteiger partial charge on any atom is 0.191 e. The normalized spacial score (nSPS) is 14.2. The molecule has 3 N–H and O–H groups in total. The van der Waals surface area contributed by atoms with Gasteiger partial charge in [-0.2, -0.15) is 5.10 Å². The van der Waals surface area contributed by atoms with E-state index in [1.54, 1.807) is 17.8 Å². The van der Waals surface area contributed by atoms with Gasteiger partial charge < -0.3 is 15.7 Å². The summed E-state index contributed by atoms with van der Waals surface area (Å²) < 4.78 is 1.69. The fourth-order valence-electron chi connectivity index (χ4n) is 2.83. The van der Waals surface area contributed by atoms with Crippen molar-refractivity contribution in [1.82, 2.24) is 20.4 Å². The van der Waals surface area contributed by atoms with E-state index in [-0.39, 0.29) is 29.4 Å². The van der Waals surface area contributed by atoms with Gasteiger partial charge in [0, 0.05) is 30.8 Å². The van der Waals surface area contributed by atoms with E-state index in [1.165, 1.54) is 11.1 Å². The van der Waals surface area contributed by atoms with Crippen molar-refractivity contribution in [3.8, 4) is 0 Å². The third-order valence-electron chi connectivity index (χ3n) is 4.70. The summed E-state index contributed by atoms with van der Waals surface area (Å²) >= 11 is 0. The van der Waals surface area contributed by atoms with E-state index in [9.17, 15) is 5.11 Å². The minimum Gasteiger partial charge on any atom is -0.383 e. The lowest BCUT2D eigenvalue weighted by atomic mass is 9.84. The van der Waals surface area contributed by atoms with Gasteiger partial charge in [0.15, 0.2) is 5.96 Å². The Morgan fingerprint density at radius 2 is 1.93 bits per heavy atom. The largest absolute Gasteiger partial charge is 0.383 e. The number of rotatable bonds is 7. The van der Waals surface area contributed by atoms with Gasteiger partial charge in [0.25, 0.3) is 0 Å². The number of benzene rings is 1. The lowest BCUT2D eigenvalue weighted by Gasteiger charge is -2.26. The fraction of sp³-hybridized carbons (Fsp3) is 0.524. The SMILES string of the molecule is CCNC(=NCC(C)(C)c1cccc(C)c1)NCC(C)(O)c1cnn(C)c1.I. The van der Waals surface area contributed by atoms with Crippen molar-refractivity contribution in [2.24, 2.45) is 12.0 Å². The number of guanidine groups is 1. The van der Waals surface area contributed by atoms with E-state index in [1.807, 2.05) is 20.2 Å². The first-order valence-corrected chi connectivity index (χ1v) is 9.45. The zero-order valence-corrected chi connectivity index (χ0v) is 20.1. The minimum absolute atomic E-state index is 0. The van der Waals surface area contributed by atoms with Gasteiger partial charge in [0.05, 0.1) is 19.3 Å². The van der Waals surface area contributed by atoms with Crippen molar-refractivity contribution in [2.45, 2.75) is 45.6 Å². The second-order valence-corrected chi connectivity index (χ2v) is 7.98. The highest BCUT2D eigenvalue weighted by Gasteiger charge is 2.25. The highest BCUT2D eigenvalue weighted by atomic mass is 127. The Balaban J connectivity index is 0.00000392. The average molecular weight is 499 g/mol. The average Bonchev–Trinajstić information content (AvgIpc) is 3.05. The van der Waals surface area contributed by atoms with Crippen LogP contribution in [0.25, 0.3) is 0 Å². The summed E-state index contributed by atoms with van der Waals surface area (Å²) in [5.74, 6) is 0.697. The summed E-state index contributed by atoms with van der Waals surface area (Å²) in [6.07, 6.45) is 3.51. The van der Waals surface area contributed by atoms with E-state index in [4.69, 9.17) is 4.99 Å². The van der Waals surface area contributed by atoms with Crippen LogP contribution in [0.5, 0.6) is 0 Å². The summed E-state index contributed by atoms with van der Waals surface area (Å²) in [6, 6.07) is 8.55. The number of halogens is 1. The predicted octanol–water partition coefficient (Wildman–Crippen LogP) is 3.09. The number of nitrogens with one attached hydrogen (secondary N) is 2. The van der Waals surface area contributed by atoms with E-state index < -0.39 is 5.60 Å². The number of hydrogen-bond donors (Lipinski definition) is 3. The van der Waals surface area contributed by atoms with Crippen LogP contribution in [0.15, 0.2) is 41.7 Å². The lowest BCUT2D eigenvalue weighted by Crippen LogP contribution is -2.45. The van der Waals surface area contributed by atoms with Crippen LogP contribution in [-0.4, -0.2) is 40.5 Å². The molecule has 28 heavy (non-hydrogen) atoms. The fourth-order valence-corrected chi connectivity index (χ4v) is 2.83. The zero-order chi connectivity index (χ0) is 20.1. The molecule has 1 heterocycles. The molecule has 0 saturated heterocycles. The van der Waals surface area contributed by atoms with E-state index in [0.717, 1.165) is 12.1 Å². The second kappa shape index (κ2) is 10.2. The van der Waals surface area contributed by atoms with E-state index >= 15 is 0 Å². The monoisotopic (exact) mass is 499 g/mol. The number of aryl methyl sites for hydroxylation is 2. The van der Waals surface area contributed by atoms with Gasteiger partial charge >= 0.3 is 0 Å². The molecule has 2 aromatic rings. The molecule has 6 nitrogen and oxygen atoms in total. The molecule has 0 saturated carbocycles. The molecule has 0 radical (unpaired) electrons. The molecule has 1 atom stereocenters. The Morgan fingerprint density at radius 3 is 2.50 bits per heavy atom. The van der Waals surface area contributed by atoms with Crippen LogP contribution in [0.3, 0.4) is 0 Å². The molecule has 1 unspecified atom stereocenters. The summed E-state index contributed by atoms with van der Waals surface area (Å²) in [6.45, 7) is 12.0. The predicted molar refractivity (Wildman–Crippen MR) is 126 cm³/mol. The molecule has 2 rings (SSSR count). The number of hydrogen-bond acceptors (Lipinski definition) is 3. The van der Waals surface area contributed by atoms with Gasteiger partial charge in [0.2, 0.25) is 0 Å². The second-order valence-electron chi connectivity index (χ2n) is 7.98. The molecular weight excluding hydrogens is 465 g/mol. The molecule has 0 amide bonds. The summed E-state index contributed by atoms with van der Waals surface area (Å²) in [5.41, 5.74) is 2.18. The quantitative estimate of drug-likeness (QED) is 0.311. The molecule has 7 heteroatoms. The zero-order valence-electron chi connectivity index (χ0n) is 17.8. The topological polar surface area (TPSA) is 74.5 Å². The van der Waals surface area contributed by atoms with Crippen LogP contribution in [0.4, 0.5) is 0 Å². The van der Waals surface area contributed by atoms with E-state index in [2.05, 4.69) is 60.8 Å². The molecule has 0 aliphatic carbocycles. The van der Waals surface area contributed by atoms with Gasteiger partial charge in [-0.3, -0.25) is 9.67 Å². The minimum atomic E-state index is -1.03. The van der Waals surface area contributed by atoms with E-state index in [0.29, 0.717) is 19.0 Å². The summed E-state index contributed by atoms with van der Waals surface area (Å²) in [7, 11) is 1.84. The van der Waals surface area contributed by atoms with Gasteiger partial charge in [-0.1, -0.05) is 43.7 Å². The molecular formula is C21H34IN5O. The first kappa shape index (κ1) is 24.4. The van der Waals surface area contributed by atoms with Gasteiger partial charge in [-0.05, 0) is 26.3 Å². The van der Waals surface area contributed by atoms with Crippen LogP contribution in [0, 0.1) is 6.92 Å². The summed E-state index contributed by atoms with van der Waals surface area (Å²) in [5, 5.41) is 21.4. The third kappa shape index (κ3) is 6.77. The lowest BCUT2D eigenvalue weighted by molar-refractivity contribution is 0.0616.